The summed E-state index contributed by atoms with van der Waals surface area (Å²) < 4.78 is 0. The molecule has 2 bridgehead atoms. The summed E-state index contributed by atoms with van der Waals surface area (Å²) in [5, 5.41) is 0. The molecule has 5 atom stereocenters. The van der Waals surface area contributed by atoms with Gasteiger partial charge in [-0.2, -0.15) is 0 Å². The molecule has 0 saturated heterocycles. The van der Waals surface area contributed by atoms with E-state index in [1.165, 1.54) is 19.3 Å². The number of hydrogen-bond donors (Lipinski definition) is 0. The lowest BCUT2D eigenvalue weighted by molar-refractivity contribution is 0.104. The second kappa shape index (κ2) is 2.81. The molecule has 3 aliphatic carbocycles. The third kappa shape index (κ3) is 1.04. The van der Waals surface area contributed by atoms with Crippen molar-refractivity contribution in [2.24, 2.45) is 34.5 Å². The van der Waals surface area contributed by atoms with E-state index in [-0.39, 0.29) is 0 Å². The minimum absolute atomic E-state index is 0.640. The predicted molar refractivity (Wildman–Crippen MR) is 64.6 cm³/mol. The van der Waals surface area contributed by atoms with Crippen LogP contribution < -0.4 is 0 Å². The summed E-state index contributed by atoms with van der Waals surface area (Å²) in [6, 6.07) is 0. The molecule has 3 saturated carbocycles. The van der Waals surface area contributed by atoms with E-state index in [4.69, 9.17) is 0 Å². The average molecular weight is 206 g/mol. The SMILES string of the molecule is C[C@@H]1CC[C@]23C[C@H]1C(C)(C)[C@@H]2CC[C@H]3C. The third-order valence-corrected chi connectivity index (χ3v) is 6.77. The van der Waals surface area contributed by atoms with E-state index in [0.29, 0.717) is 5.41 Å². The fraction of sp³-hybridized carbons (Fsp3) is 1.00. The summed E-state index contributed by atoms with van der Waals surface area (Å²) in [5.74, 6) is 4.08. The van der Waals surface area contributed by atoms with E-state index < -0.39 is 0 Å². The minimum atomic E-state index is 0.640. The molecule has 0 nitrogen and oxygen atoms in total. The largest absolute Gasteiger partial charge is 0.0622 e. The maximum atomic E-state index is 2.57. The van der Waals surface area contributed by atoms with Gasteiger partial charge in [0.05, 0.1) is 0 Å². The minimum Gasteiger partial charge on any atom is -0.0622 e. The Kier molecular flexibility index (Phi) is 1.91. The molecule has 0 aromatic heterocycles. The van der Waals surface area contributed by atoms with Crippen molar-refractivity contribution in [1.82, 2.24) is 0 Å². The normalized spacial score (nSPS) is 56.8. The van der Waals surface area contributed by atoms with Crippen molar-refractivity contribution in [3.8, 4) is 0 Å². The van der Waals surface area contributed by atoms with E-state index in [1.54, 1.807) is 12.8 Å². The first-order valence-corrected chi connectivity index (χ1v) is 6.98. The standard InChI is InChI=1S/C15H26/c1-10-7-8-15-9-12(10)14(3,4)13(15)6-5-11(15)2/h10-13H,5-9H2,1-4H3/t10-,11-,12-,13+,15-/m1/s1. The summed E-state index contributed by atoms with van der Waals surface area (Å²) in [4.78, 5) is 0. The monoisotopic (exact) mass is 206 g/mol. The molecule has 3 rings (SSSR count). The number of fused-ring (bicyclic) bond motifs is 1. The van der Waals surface area contributed by atoms with Gasteiger partial charge in [-0.1, -0.05) is 27.7 Å². The van der Waals surface area contributed by atoms with Gasteiger partial charge < -0.3 is 0 Å². The molecule has 3 fully saturated rings. The molecule has 1 spiro atoms. The molecule has 0 unspecified atom stereocenters. The van der Waals surface area contributed by atoms with E-state index in [9.17, 15) is 0 Å². The molecule has 0 heteroatoms. The van der Waals surface area contributed by atoms with Crippen LogP contribution in [0.1, 0.15) is 59.8 Å². The quantitative estimate of drug-likeness (QED) is 0.547. The predicted octanol–water partition coefficient (Wildman–Crippen LogP) is 4.49. The Morgan fingerprint density at radius 2 is 1.73 bits per heavy atom. The van der Waals surface area contributed by atoms with Crippen LogP contribution in [-0.4, -0.2) is 0 Å². The molecule has 0 aromatic rings. The molecule has 0 aromatic carbocycles. The Morgan fingerprint density at radius 1 is 1.00 bits per heavy atom. The van der Waals surface area contributed by atoms with Gasteiger partial charge in [0.2, 0.25) is 0 Å². The van der Waals surface area contributed by atoms with Crippen LogP contribution in [-0.2, 0) is 0 Å². The molecule has 0 radical (unpaired) electrons. The lowest BCUT2D eigenvalue weighted by atomic mass is 9.66. The smallest absolute Gasteiger partial charge is 0.0235 e. The van der Waals surface area contributed by atoms with Gasteiger partial charge in [-0.25, -0.2) is 0 Å². The van der Waals surface area contributed by atoms with Gasteiger partial charge in [0.15, 0.2) is 0 Å². The molecular weight excluding hydrogens is 180 g/mol. The number of hydrogen-bond acceptors (Lipinski definition) is 0. The number of rotatable bonds is 0. The summed E-state index contributed by atoms with van der Waals surface area (Å²) in [6.45, 7) is 10.2. The van der Waals surface area contributed by atoms with Gasteiger partial charge in [0, 0.05) is 0 Å². The van der Waals surface area contributed by atoms with Crippen LogP contribution in [0.25, 0.3) is 0 Å². The van der Waals surface area contributed by atoms with Gasteiger partial charge in [-0.3, -0.25) is 0 Å². The zero-order chi connectivity index (χ0) is 10.8. The van der Waals surface area contributed by atoms with Crippen molar-refractivity contribution in [1.29, 1.82) is 0 Å². The van der Waals surface area contributed by atoms with Gasteiger partial charge in [-0.05, 0) is 66.6 Å². The highest BCUT2D eigenvalue weighted by molar-refractivity contribution is 5.13. The second-order valence-electron chi connectivity index (χ2n) is 7.41. The van der Waals surface area contributed by atoms with Crippen molar-refractivity contribution in [2.75, 3.05) is 0 Å². The van der Waals surface area contributed by atoms with Crippen molar-refractivity contribution in [3.63, 3.8) is 0 Å². The Bertz CT molecular complexity index is 278. The Balaban J connectivity index is 2.04. The second-order valence-corrected chi connectivity index (χ2v) is 7.41. The van der Waals surface area contributed by atoms with Crippen molar-refractivity contribution in [2.45, 2.75) is 59.8 Å². The molecule has 0 N–H and O–H groups in total. The highest BCUT2D eigenvalue weighted by Crippen LogP contribution is 2.72. The van der Waals surface area contributed by atoms with E-state index in [0.717, 1.165) is 29.1 Å². The molecule has 0 aliphatic heterocycles. The van der Waals surface area contributed by atoms with E-state index in [2.05, 4.69) is 27.7 Å². The van der Waals surface area contributed by atoms with Crippen LogP contribution in [0.2, 0.25) is 0 Å². The van der Waals surface area contributed by atoms with Crippen LogP contribution in [0.4, 0.5) is 0 Å². The van der Waals surface area contributed by atoms with Gasteiger partial charge in [0.25, 0.3) is 0 Å². The van der Waals surface area contributed by atoms with Crippen molar-refractivity contribution >= 4 is 0 Å². The van der Waals surface area contributed by atoms with Gasteiger partial charge in [-0.15, -0.1) is 0 Å². The van der Waals surface area contributed by atoms with Crippen LogP contribution in [0.5, 0.6) is 0 Å². The molecule has 86 valence electrons. The van der Waals surface area contributed by atoms with Gasteiger partial charge in [0.1, 0.15) is 0 Å². The lowest BCUT2D eigenvalue weighted by Gasteiger charge is -2.39. The maximum Gasteiger partial charge on any atom is -0.0235 e. The summed E-state index contributed by atoms with van der Waals surface area (Å²) in [6.07, 6.45) is 7.65. The zero-order valence-corrected chi connectivity index (χ0v) is 10.8. The Hall–Kier alpha value is 0. The highest BCUT2D eigenvalue weighted by atomic mass is 14.7. The van der Waals surface area contributed by atoms with E-state index >= 15 is 0 Å². The fourth-order valence-corrected chi connectivity index (χ4v) is 5.88. The molecule has 0 amide bonds. The molecule has 3 aliphatic rings. The Labute approximate surface area is 94.8 Å². The first kappa shape index (κ1) is 10.2. The summed E-state index contributed by atoms with van der Waals surface area (Å²) in [5.41, 5.74) is 1.42. The zero-order valence-electron chi connectivity index (χ0n) is 10.8. The average Bonchev–Trinajstić information content (AvgIpc) is 2.57. The van der Waals surface area contributed by atoms with Crippen LogP contribution >= 0.6 is 0 Å². The summed E-state index contributed by atoms with van der Waals surface area (Å²) >= 11 is 0. The Morgan fingerprint density at radius 3 is 2.47 bits per heavy atom. The lowest BCUT2D eigenvalue weighted by Crippen LogP contribution is -2.30. The van der Waals surface area contributed by atoms with Crippen LogP contribution in [0, 0.1) is 34.5 Å². The molecule has 15 heavy (non-hydrogen) atoms. The topological polar surface area (TPSA) is 0 Å². The first-order chi connectivity index (χ1) is 6.98. The summed E-state index contributed by atoms with van der Waals surface area (Å²) in [7, 11) is 0. The van der Waals surface area contributed by atoms with Crippen molar-refractivity contribution in [3.05, 3.63) is 0 Å². The molecule has 0 heterocycles. The molecular formula is C15H26. The van der Waals surface area contributed by atoms with Crippen molar-refractivity contribution < 1.29 is 0 Å². The first-order valence-electron chi connectivity index (χ1n) is 6.98. The van der Waals surface area contributed by atoms with Gasteiger partial charge >= 0.3 is 0 Å². The maximum absolute atomic E-state index is 2.57. The fourth-order valence-electron chi connectivity index (χ4n) is 5.88. The van der Waals surface area contributed by atoms with E-state index in [1.807, 2.05) is 0 Å². The van der Waals surface area contributed by atoms with Crippen LogP contribution in [0.3, 0.4) is 0 Å². The van der Waals surface area contributed by atoms with Crippen LogP contribution in [0.15, 0.2) is 0 Å². The third-order valence-electron chi connectivity index (χ3n) is 6.77. The highest BCUT2D eigenvalue weighted by Gasteiger charge is 2.64.